The second-order valence-electron chi connectivity index (χ2n) is 4.18. The number of nitro benzene ring substituents is 1. The van der Waals surface area contributed by atoms with Gasteiger partial charge in [0.25, 0.3) is 11.6 Å². The molecule has 0 spiro atoms. The van der Waals surface area contributed by atoms with Gasteiger partial charge in [-0.15, -0.1) is 11.3 Å². The summed E-state index contributed by atoms with van der Waals surface area (Å²) in [5.41, 5.74) is 0.00819. The summed E-state index contributed by atoms with van der Waals surface area (Å²) in [6, 6.07) is 8.73. The van der Waals surface area contributed by atoms with Gasteiger partial charge in [0.15, 0.2) is 0 Å². The van der Waals surface area contributed by atoms with Crippen molar-refractivity contribution in [3.8, 4) is 0 Å². The van der Waals surface area contributed by atoms with E-state index in [-0.39, 0.29) is 17.8 Å². The molecule has 1 aromatic carbocycles. The maximum atomic E-state index is 11.9. The Morgan fingerprint density at radius 3 is 2.81 bits per heavy atom. The fourth-order valence-corrected chi connectivity index (χ4v) is 2.71. The van der Waals surface area contributed by atoms with E-state index in [1.807, 2.05) is 0 Å². The Hall–Kier alpha value is -1.96. The Labute approximate surface area is 129 Å². The summed E-state index contributed by atoms with van der Waals surface area (Å²) in [5, 5.41) is 23.1. The van der Waals surface area contributed by atoms with Gasteiger partial charge in [0, 0.05) is 29.1 Å². The second kappa shape index (κ2) is 6.66. The van der Waals surface area contributed by atoms with Crippen molar-refractivity contribution < 1.29 is 14.8 Å². The number of carbonyl (C=O) groups excluding carboxylic acids is 1. The van der Waals surface area contributed by atoms with Crippen LogP contribution in [0.25, 0.3) is 0 Å². The van der Waals surface area contributed by atoms with Crippen molar-refractivity contribution in [1.82, 2.24) is 5.32 Å². The molecule has 0 aliphatic rings. The minimum Gasteiger partial charge on any atom is -0.386 e. The Kier molecular flexibility index (Phi) is 4.89. The summed E-state index contributed by atoms with van der Waals surface area (Å²) in [5.74, 6) is -0.486. The molecular weight excluding hydrogens is 316 g/mol. The van der Waals surface area contributed by atoms with Crippen LogP contribution in [-0.4, -0.2) is 22.5 Å². The molecule has 1 aromatic heterocycles. The van der Waals surface area contributed by atoms with Crippen molar-refractivity contribution >= 4 is 34.5 Å². The number of aliphatic hydroxyl groups is 1. The number of halogens is 1. The van der Waals surface area contributed by atoms with Crippen molar-refractivity contribution in [3.05, 3.63) is 61.3 Å². The van der Waals surface area contributed by atoms with Crippen LogP contribution in [0.15, 0.2) is 36.4 Å². The SMILES string of the molecule is O=C(NCC(O)c1ccc(Cl)s1)c1cccc([N+](=O)[O-])c1. The molecular formula is C13H11ClN2O4S. The van der Waals surface area contributed by atoms with Gasteiger partial charge in [0.1, 0.15) is 6.10 Å². The van der Waals surface area contributed by atoms with Crippen LogP contribution in [0.3, 0.4) is 0 Å². The van der Waals surface area contributed by atoms with Crippen molar-refractivity contribution in [2.24, 2.45) is 0 Å². The lowest BCUT2D eigenvalue weighted by molar-refractivity contribution is -0.384. The summed E-state index contributed by atoms with van der Waals surface area (Å²) in [6.07, 6.45) is -0.870. The van der Waals surface area contributed by atoms with E-state index in [0.717, 1.165) is 0 Å². The maximum absolute atomic E-state index is 11.9. The molecule has 8 heteroatoms. The lowest BCUT2D eigenvalue weighted by Gasteiger charge is -2.10. The maximum Gasteiger partial charge on any atom is 0.270 e. The molecule has 1 atom stereocenters. The summed E-state index contributed by atoms with van der Waals surface area (Å²) < 4.78 is 0.550. The predicted molar refractivity (Wildman–Crippen MR) is 79.7 cm³/mol. The zero-order valence-electron chi connectivity index (χ0n) is 10.7. The summed E-state index contributed by atoms with van der Waals surface area (Å²) in [4.78, 5) is 22.6. The standard InChI is InChI=1S/C13H11ClN2O4S/c14-12-5-4-11(21-12)10(17)7-15-13(18)8-2-1-3-9(6-8)16(19)20/h1-6,10,17H,7H2,(H,15,18). The Balaban J connectivity index is 1.98. The van der Waals surface area contributed by atoms with E-state index in [2.05, 4.69) is 5.32 Å². The van der Waals surface area contributed by atoms with E-state index < -0.39 is 16.9 Å². The number of nitro groups is 1. The third-order valence-electron chi connectivity index (χ3n) is 2.70. The third kappa shape index (κ3) is 4.01. The molecule has 110 valence electrons. The minimum absolute atomic E-state index is 0.00162. The van der Waals surface area contributed by atoms with Crippen molar-refractivity contribution in [2.45, 2.75) is 6.10 Å². The number of aliphatic hydroxyl groups excluding tert-OH is 1. The van der Waals surface area contributed by atoms with Crippen LogP contribution in [0.2, 0.25) is 4.34 Å². The fraction of sp³-hybridized carbons (Fsp3) is 0.154. The topological polar surface area (TPSA) is 92.5 Å². The number of nitrogens with one attached hydrogen (secondary N) is 1. The van der Waals surface area contributed by atoms with Crippen LogP contribution in [0, 0.1) is 10.1 Å². The highest BCUT2D eigenvalue weighted by Gasteiger charge is 2.14. The van der Waals surface area contributed by atoms with Crippen LogP contribution in [0.4, 0.5) is 5.69 Å². The zero-order chi connectivity index (χ0) is 15.4. The summed E-state index contributed by atoms with van der Waals surface area (Å²) in [7, 11) is 0. The summed E-state index contributed by atoms with van der Waals surface area (Å²) in [6.45, 7) is -0.00162. The number of rotatable bonds is 5. The number of benzene rings is 1. The van der Waals surface area contributed by atoms with E-state index >= 15 is 0 Å². The molecule has 0 bridgehead atoms. The Morgan fingerprint density at radius 2 is 2.19 bits per heavy atom. The number of carbonyl (C=O) groups is 1. The third-order valence-corrected chi connectivity index (χ3v) is 4.03. The molecule has 0 radical (unpaired) electrons. The van der Waals surface area contributed by atoms with Crippen LogP contribution in [0.5, 0.6) is 0 Å². The van der Waals surface area contributed by atoms with Crippen LogP contribution in [0.1, 0.15) is 21.3 Å². The molecule has 1 unspecified atom stereocenters. The average molecular weight is 327 g/mol. The first-order valence-electron chi connectivity index (χ1n) is 5.93. The van der Waals surface area contributed by atoms with Crippen LogP contribution >= 0.6 is 22.9 Å². The summed E-state index contributed by atoms with van der Waals surface area (Å²) >= 11 is 6.99. The van der Waals surface area contributed by atoms with Gasteiger partial charge in [-0.25, -0.2) is 0 Å². The predicted octanol–water partition coefficient (Wildman–Crippen LogP) is 2.77. The quantitative estimate of drug-likeness (QED) is 0.652. The molecule has 2 aromatic rings. The highest BCUT2D eigenvalue weighted by Crippen LogP contribution is 2.26. The van der Waals surface area contributed by atoms with Gasteiger partial charge in [-0.1, -0.05) is 17.7 Å². The monoisotopic (exact) mass is 326 g/mol. The molecule has 6 nitrogen and oxygen atoms in total. The molecule has 0 saturated heterocycles. The molecule has 2 N–H and O–H groups in total. The van der Waals surface area contributed by atoms with Crippen molar-refractivity contribution in [1.29, 1.82) is 0 Å². The fourth-order valence-electron chi connectivity index (χ4n) is 1.66. The average Bonchev–Trinajstić information content (AvgIpc) is 2.91. The van der Waals surface area contributed by atoms with Crippen LogP contribution in [-0.2, 0) is 0 Å². The number of hydrogen-bond acceptors (Lipinski definition) is 5. The molecule has 0 aliphatic carbocycles. The number of thiophene rings is 1. The zero-order valence-corrected chi connectivity index (χ0v) is 12.2. The first-order chi connectivity index (χ1) is 9.97. The minimum atomic E-state index is -0.870. The molecule has 1 amide bonds. The van der Waals surface area contributed by atoms with E-state index in [4.69, 9.17) is 11.6 Å². The van der Waals surface area contributed by atoms with Crippen LogP contribution < -0.4 is 5.32 Å². The largest absolute Gasteiger partial charge is 0.386 e. The highest BCUT2D eigenvalue weighted by atomic mass is 35.5. The number of nitrogens with zero attached hydrogens (tertiary/aromatic N) is 1. The van der Waals surface area contributed by atoms with Gasteiger partial charge in [-0.2, -0.15) is 0 Å². The van der Waals surface area contributed by atoms with Crippen molar-refractivity contribution in [2.75, 3.05) is 6.54 Å². The highest BCUT2D eigenvalue weighted by molar-refractivity contribution is 7.16. The Bertz CT molecular complexity index is 674. The van der Waals surface area contributed by atoms with Gasteiger partial charge in [0.05, 0.1) is 9.26 Å². The number of non-ortho nitro benzene ring substituents is 1. The van der Waals surface area contributed by atoms with E-state index in [1.54, 1.807) is 12.1 Å². The Morgan fingerprint density at radius 1 is 1.43 bits per heavy atom. The van der Waals surface area contributed by atoms with Gasteiger partial charge in [-0.3, -0.25) is 14.9 Å². The molecule has 21 heavy (non-hydrogen) atoms. The molecule has 0 saturated carbocycles. The van der Waals surface area contributed by atoms with Gasteiger partial charge in [-0.05, 0) is 18.2 Å². The molecule has 0 fully saturated rings. The second-order valence-corrected chi connectivity index (χ2v) is 5.92. The van der Waals surface area contributed by atoms with Gasteiger partial charge in [0.2, 0.25) is 0 Å². The first-order valence-corrected chi connectivity index (χ1v) is 7.13. The van der Waals surface area contributed by atoms with Gasteiger partial charge < -0.3 is 10.4 Å². The van der Waals surface area contributed by atoms with E-state index in [9.17, 15) is 20.0 Å². The lowest BCUT2D eigenvalue weighted by atomic mass is 10.2. The normalized spacial score (nSPS) is 11.9. The molecule has 2 rings (SSSR count). The van der Waals surface area contributed by atoms with E-state index in [1.165, 1.54) is 35.6 Å². The lowest BCUT2D eigenvalue weighted by Crippen LogP contribution is -2.28. The van der Waals surface area contributed by atoms with E-state index in [0.29, 0.717) is 9.21 Å². The van der Waals surface area contributed by atoms with Crippen molar-refractivity contribution in [3.63, 3.8) is 0 Å². The smallest absolute Gasteiger partial charge is 0.270 e. The number of hydrogen-bond donors (Lipinski definition) is 2. The van der Waals surface area contributed by atoms with Gasteiger partial charge >= 0.3 is 0 Å². The first kappa shape index (κ1) is 15.4. The number of amides is 1. The molecule has 1 heterocycles. The molecule has 0 aliphatic heterocycles.